The molecule has 12 heteroatoms. The van der Waals surface area contributed by atoms with Crippen molar-refractivity contribution in [3.8, 4) is 0 Å². The predicted molar refractivity (Wildman–Crippen MR) is 126 cm³/mol. The third kappa shape index (κ3) is 5.08. The van der Waals surface area contributed by atoms with Crippen LogP contribution in [0.4, 0.5) is 10.1 Å². The zero-order chi connectivity index (χ0) is 24.5. The van der Waals surface area contributed by atoms with E-state index in [0.717, 1.165) is 11.3 Å². The van der Waals surface area contributed by atoms with Crippen molar-refractivity contribution in [3.63, 3.8) is 0 Å². The molecular formula is C22H20ClFN2O6S2. The van der Waals surface area contributed by atoms with Gasteiger partial charge in [-0.15, -0.1) is 11.3 Å². The summed E-state index contributed by atoms with van der Waals surface area (Å²) >= 11 is 7.18. The fourth-order valence-corrected chi connectivity index (χ4v) is 6.25. The monoisotopic (exact) mass is 526 g/mol. The molecule has 0 unspecified atom stereocenters. The fraction of sp³-hybridized carbons (Fsp3) is 0.273. The Kier molecular flexibility index (Phi) is 7.20. The summed E-state index contributed by atoms with van der Waals surface area (Å²) in [5, 5.41) is 3.22. The van der Waals surface area contributed by atoms with E-state index < -0.39 is 34.3 Å². The largest absolute Gasteiger partial charge is 0.451 e. The average Bonchev–Trinajstić information content (AvgIpc) is 3.15. The van der Waals surface area contributed by atoms with Gasteiger partial charge < -0.3 is 14.8 Å². The Balaban J connectivity index is 1.43. The van der Waals surface area contributed by atoms with Gasteiger partial charge in [-0.25, -0.2) is 17.6 Å². The van der Waals surface area contributed by atoms with Crippen LogP contribution in [0.2, 0.25) is 5.02 Å². The van der Waals surface area contributed by atoms with Gasteiger partial charge in [-0.2, -0.15) is 4.31 Å². The van der Waals surface area contributed by atoms with E-state index in [1.165, 1.54) is 34.6 Å². The van der Waals surface area contributed by atoms with Gasteiger partial charge in [0.15, 0.2) is 6.61 Å². The molecule has 0 spiro atoms. The zero-order valence-electron chi connectivity index (χ0n) is 18.0. The number of halogens is 2. The number of hydrogen-bond donors (Lipinski definition) is 1. The van der Waals surface area contributed by atoms with E-state index in [1.54, 1.807) is 13.0 Å². The maximum absolute atomic E-state index is 13.4. The van der Waals surface area contributed by atoms with Crippen molar-refractivity contribution < 1.29 is 31.9 Å². The van der Waals surface area contributed by atoms with Crippen molar-refractivity contribution in [1.29, 1.82) is 0 Å². The lowest BCUT2D eigenvalue weighted by Gasteiger charge is -2.26. The Labute approximate surface area is 204 Å². The fourth-order valence-electron chi connectivity index (χ4n) is 3.39. The Morgan fingerprint density at radius 3 is 2.68 bits per heavy atom. The first-order valence-electron chi connectivity index (χ1n) is 10.2. The number of nitrogens with zero attached hydrogens (tertiary/aromatic N) is 1. The van der Waals surface area contributed by atoms with Crippen molar-refractivity contribution in [3.05, 3.63) is 57.7 Å². The second-order valence-corrected chi connectivity index (χ2v) is 10.9. The highest BCUT2D eigenvalue weighted by atomic mass is 35.5. The highest BCUT2D eigenvalue weighted by molar-refractivity contribution is 7.89. The van der Waals surface area contributed by atoms with Gasteiger partial charge in [0.05, 0.1) is 23.1 Å². The molecule has 1 amide bonds. The molecule has 3 aromatic rings. The zero-order valence-corrected chi connectivity index (χ0v) is 20.4. The first-order valence-corrected chi connectivity index (χ1v) is 12.8. The lowest BCUT2D eigenvalue weighted by Crippen LogP contribution is -2.40. The van der Waals surface area contributed by atoms with Gasteiger partial charge >= 0.3 is 5.97 Å². The number of morpholine rings is 1. The van der Waals surface area contributed by atoms with Crippen LogP contribution in [0, 0.1) is 12.7 Å². The number of nitrogens with one attached hydrogen (secondary N) is 1. The van der Waals surface area contributed by atoms with Crippen LogP contribution < -0.4 is 5.32 Å². The number of thiophene rings is 1. The number of sulfonamides is 1. The van der Waals surface area contributed by atoms with Crippen LogP contribution in [0.25, 0.3) is 10.1 Å². The maximum atomic E-state index is 13.4. The number of rotatable bonds is 6. The van der Waals surface area contributed by atoms with Crippen molar-refractivity contribution in [2.45, 2.75) is 11.8 Å². The number of aryl methyl sites for hydroxylation is 1. The Morgan fingerprint density at radius 1 is 1.21 bits per heavy atom. The summed E-state index contributed by atoms with van der Waals surface area (Å²) in [4.78, 5) is 25.0. The van der Waals surface area contributed by atoms with Crippen molar-refractivity contribution in [1.82, 2.24) is 4.31 Å². The minimum atomic E-state index is -3.74. The topological polar surface area (TPSA) is 102 Å². The van der Waals surface area contributed by atoms with Crippen molar-refractivity contribution >= 4 is 60.6 Å². The van der Waals surface area contributed by atoms with Gasteiger partial charge in [0.2, 0.25) is 10.0 Å². The van der Waals surface area contributed by atoms with Gasteiger partial charge in [-0.05, 0) is 42.8 Å². The van der Waals surface area contributed by atoms with E-state index in [4.69, 9.17) is 21.1 Å². The SMILES string of the molecule is Cc1ccc(S(=O)(=O)N2CCOCC2)cc1NC(=O)COC(=O)c1sc2cc(F)ccc2c1Cl. The number of hydrogen-bond acceptors (Lipinski definition) is 7. The smallest absolute Gasteiger partial charge is 0.350 e. The van der Waals surface area contributed by atoms with E-state index in [9.17, 15) is 22.4 Å². The van der Waals surface area contributed by atoms with E-state index in [-0.39, 0.29) is 33.6 Å². The number of amides is 1. The quantitative estimate of drug-likeness (QED) is 0.490. The van der Waals surface area contributed by atoms with Crippen LogP contribution in [0.1, 0.15) is 15.2 Å². The number of esters is 1. The van der Waals surface area contributed by atoms with E-state index in [0.29, 0.717) is 28.9 Å². The summed E-state index contributed by atoms with van der Waals surface area (Å²) in [5.74, 6) is -1.93. The standard InChI is InChI=1S/C22H20ClFN2O6S2/c1-13-2-4-15(34(29,30)26-6-8-31-9-7-26)11-17(13)25-19(27)12-32-22(28)21-20(23)16-5-3-14(24)10-18(16)33-21/h2-5,10-11H,6-9,12H2,1H3,(H,25,27). The van der Waals surface area contributed by atoms with Crippen molar-refractivity contribution in [2.75, 3.05) is 38.2 Å². The summed E-state index contributed by atoms with van der Waals surface area (Å²) in [7, 11) is -3.74. The highest BCUT2D eigenvalue weighted by Crippen LogP contribution is 2.36. The third-order valence-corrected chi connectivity index (χ3v) is 8.73. The van der Waals surface area contributed by atoms with E-state index in [2.05, 4.69) is 5.32 Å². The lowest BCUT2D eigenvalue weighted by molar-refractivity contribution is -0.119. The molecule has 0 bridgehead atoms. The van der Waals surface area contributed by atoms with Gasteiger partial charge in [-0.1, -0.05) is 17.7 Å². The number of fused-ring (bicyclic) bond motifs is 1. The van der Waals surface area contributed by atoms with Crippen LogP contribution >= 0.6 is 22.9 Å². The molecule has 1 fully saturated rings. The molecule has 0 saturated carbocycles. The molecule has 1 saturated heterocycles. The third-order valence-electron chi connectivity index (χ3n) is 5.20. The minimum absolute atomic E-state index is 0.0385. The summed E-state index contributed by atoms with van der Waals surface area (Å²) in [5.41, 5.74) is 0.918. The summed E-state index contributed by atoms with van der Waals surface area (Å²) in [6, 6.07) is 8.40. The van der Waals surface area contributed by atoms with Gasteiger partial charge in [-0.3, -0.25) is 4.79 Å². The van der Waals surface area contributed by atoms with Gasteiger partial charge in [0, 0.05) is 28.9 Å². The number of carbonyl (C=O) groups excluding carboxylic acids is 2. The Bertz CT molecular complexity index is 1370. The van der Waals surface area contributed by atoms with Crippen LogP contribution in [-0.2, 0) is 24.3 Å². The molecule has 2 aromatic carbocycles. The molecule has 0 aliphatic carbocycles. The van der Waals surface area contributed by atoms with Crippen molar-refractivity contribution in [2.24, 2.45) is 0 Å². The molecule has 1 aromatic heterocycles. The number of benzene rings is 2. The maximum Gasteiger partial charge on any atom is 0.350 e. The molecular weight excluding hydrogens is 507 g/mol. The Morgan fingerprint density at radius 2 is 1.94 bits per heavy atom. The highest BCUT2D eigenvalue weighted by Gasteiger charge is 2.27. The molecule has 4 rings (SSSR count). The normalized spacial score (nSPS) is 14.8. The first-order chi connectivity index (χ1) is 16.2. The number of ether oxygens (including phenoxy) is 2. The van der Waals surface area contributed by atoms with Crippen LogP contribution in [0.5, 0.6) is 0 Å². The number of anilines is 1. The van der Waals surface area contributed by atoms with Crippen LogP contribution in [0.3, 0.4) is 0 Å². The molecule has 1 N–H and O–H groups in total. The van der Waals surface area contributed by atoms with E-state index >= 15 is 0 Å². The molecule has 1 aliphatic rings. The lowest BCUT2D eigenvalue weighted by atomic mass is 10.2. The molecule has 0 atom stereocenters. The summed E-state index contributed by atoms with van der Waals surface area (Å²) in [6.45, 7) is 2.24. The second kappa shape index (κ2) is 9.96. The van der Waals surface area contributed by atoms with Gasteiger partial charge in [0.25, 0.3) is 5.91 Å². The minimum Gasteiger partial charge on any atom is -0.451 e. The average molecular weight is 527 g/mol. The number of carbonyl (C=O) groups is 2. The predicted octanol–water partition coefficient (Wildman–Crippen LogP) is 3.82. The van der Waals surface area contributed by atoms with E-state index in [1.807, 2.05) is 0 Å². The molecule has 2 heterocycles. The summed E-state index contributed by atoms with van der Waals surface area (Å²) < 4.78 is 51.3. The van der Waals surface area contributed by atoms with Gasteiger partial charge in [0.1, 0.15) is 10.7 Å². The van der Waals surface area contributed by atoms with Crippen LogP contribution in [0.15, 0.2) is 41.3 Å². The molecule has 34 heavy (non-hydrogen) atoms. The second-order valence-electron chi connectivity index (χ2n) is 7.50. The molecule has 180 valence electrons. The molecule has 8 nitrogen and oxygen atoms in total. The summed E-state index contributed by atoms with van der Waals surface area (Å²) in [6.07, 6.45) is 0. The first kappa shape index (κ1) is 24.6. The molecule has 0 radical (unpaired) electrons. The molecule has 1 aliphatic heterocycles. The van der Waals surface area contributed by atoms with Crippen LogP contribution in [-0.4, -0.2) is 57.5 Å². The Hall–Kier alpha value is -2.57.